The van der Waals surface area contributed by atoms with Gasteiger partial charge in [-0.3, -0.25) is 0 Å². The summed E-state index contributed by atoms with van der Waals surface area (Å²) in [6.45, 7) is 1.45. The fourth-order valence-corrected chi connectivity index (χ4v) is 4.09. The van der Waals surface area contributed by atoms with E-state index in [4.69, 9.17) is 0 Å². The lowest BCUT2D eigenvalue weighted by Gasteiger charge is -2.26. The van der Waals surface area contributed by atoms with Crippen LogP contribution in [0.2, 0.25) is 0 Å². The van der Waals surface area contributed by atoms with E-state index in [1.54, 1.807) is 6.07 Å². The Labute approximate surface area is 120 Å². The summed E-state index contributed by atoms with van der Waals surface area (Å²) < 4.78 is 51.2. The fraction of sp³-hybridized carbons (Fsp3) is 0.200. The molecule has 1 aromatic carbocycles. The first-order chi connectivity index (χ1) is 9.83. The smallest absolute Gasteiger partial charge is 0.203 e. The van der Waals surface area contributed by atoms with Crippen molar-refractivity contribution in [3.63, 3.8) is 0 Å². The van der Waals surface area contributed by atoms with E-state index < -0.39 is 26.2 Å². The lowest BCUT2D eigenvalue weighted by molar-refractivity contribution is 0.549. The van der Waals surface area contributed by atoms with Crippen molar-refractivity contribution in [3.05, 3.63) is 54.1 Å². The Morgan fingerprint density at radius 3 is 2.71 bits per heavy atom. The average molecular weight is 309 g/mol. The number of H-pyrrole nitrogens is 1. The first-order valence-electron chi connectivity index (χ1n) is 6.40. The number of sulfone groups is 1. The first kappa shape index (κ1) is 14.0. The highest BCUT2D eigenvalue weighted by molar-refractivity contribution is 7.93. The molecule has 21 heavy (non-hydrogen) atoms. The molecule has 110 valence electrons. The number of rotatable bonds is 2. The molecule has 1 aliphatic rings. The number of aromatic nitrogens is 1. The van der Waals surface area contributed by atoms with Gasteiger partial charge in [-0.1, -0.05) is 18.2 Å². The van der Waals surface area contributed by atoms with E-state index in [0.29, 0.717) is 5.39 Å². The summed E-state index contributed by atoms with van der Waals surface area (Å²) in [6.07, 6.45) is 3.98. The van der Waals surface area contributed by atoms with E-state index in [9.17, 15) is 17.2 Å². The monoisotopic (exact) mass is 309 g/mol. The molecule has 2 aromatic rings. The van der Waals surface area contributed by atoms with Crippen LogP contribution in [0.4, 0.5) is 8.78 Å². The lowest BCUT2D eigenvalue weighted by Crippen LogP contribution is -2.34. The molecule has 1 unspecified atom stereocenters. The molecule has 1 N–H and O–H groups in total. The van der Waals surface area contributed by atoms with Crippen molar-refractivity contribution >= 4 is 20.7 Å². The van der Waals surface area contributed by atoms with Gasteiger partial charge in [-0.15, -0.1) is 0 Å². The number of halogens is 2. The summed E-state index contributed by atoms with van der Waals surface area (Å²) in [6, 6.07) is 5.75. The van der Waals surface area contributed by atoms with Crippen LogP contribution < -0.4 is 0 Å². The zero-order valence-corrected chi connectivity index (χ0v) is 12.0. The third-order valence-electron chi connectivity index (χ3n) is 3.73. The molecular formula is C15H13F2NO2S. The molecule has 0 amide bonds. The first-order valence-corrected chi connectivity index (χ1v) is 7.89. The normalized spacial score (nSPS) is 22.5. The summed E-state index contributed by atoms with van der Waals surface area (Å²) in [5, 5.41) is 0.359. The van der Waals surface area contributed by atoms with Crippen LogP contribution in [0.25, 0.3) is 10.9 Å². The highest BCUT2D eigenvalue weighted by Gasteiger charge is 2.40. The van der Waals surface area contributed by atoms with Crippen molar-refractivity contribution < 1.29 is 17.2 Å². The Bertz CT molecular complexity index is 880. The number of allylic oxidation sites excluding steroid dienone is 3. The Hall–Kier alpha value is -1.95. The van der Waals surface area contributed by atoms with Gasteiger partial charge in [0.2, 0.25) is 9.84 Å². The molecule has 1 aromatic heterocycles. The number of aromatic amines is 1. The quantitative estimate of drug-likeness (QED) is 0.920. The van der Waals surface area contributed by atoms with Gasteiger partial charge in [-0.05, 0) is 37.6 Å². The van der Waals surface area contributed by atoms with E-state index in [1.165, 1.54) is 37.3 Å². The Balaban J connectivity index is 2.17. The standard InChI is InChI=1S/C15H13F2NO2S/c1-15(7-3-5-11(16)9-15)21(19,20)13-8-10-4-2-6-12(17)14(10)18-13/h2-6,8-9,18H,7H2,1H3. The summed E-state index contributed by atoms with van der Waals surface area (Å²) in [7, 11) is -3.86. The Kier molecular flexibility index (Phi) is 3.02. The molecule has 1 heterocycles. The van der Waals surface area contributed by atoms with Gasteiger partial charge in [0.25, 0.3) is 0 Å². The molecule has 0 aliphatic heterocycles. The predicted octanol–water partition coefficient (Wildman–Crippen LogP) is 3.65. The molecule has 1 aliphatic carbocycles. The largest absolute Gasteiger partial charge is 0.343 e. The SMILES string of the molecule is CC1(S(=O)(=O)c2cc3cccc(F)c3[nH]2)C=C(F)C=CC1. The third kappa shape index (κ3) is 2.10. The molecule has 3 rings (SSSR count). The van der Waals surface area contributed by atoms with Gasteiger partial charge in [0.15, 0.2) is 0 Å². The zero-order chi connectivity index (χ0) is 15.3. The van der Waals surface area contributed by atoms with Gasteiger partial charge >= 0.3 is 0 Å². The highest BCUT2D eigenvalue weighted by Crippen LogP contribution is 2.35. The minimum absolute atomic E-state index is 0.107. The maximum absolute atomic E-state index is 13.7. The Morgan fingerprint density at radius 1 is 1.29 bits per heavy atom. The van der Waals surface area contributed by atoms with Gasteiger partial charge < -0.3 is 4.98 Å². The van der Waals surface area contributed by atoms with Crippen molar-refractivity contribution in [2.24, 2.45) is 0 Å². The molecule has 0 spiro atoms. The van der Waals surface area contributed by atoms with Crippen LogP contribution in [-0.4, -0.2) is 18.1 Å². The molecular weight excluding hydrogens is 296 g/mol. The van der Waals surface area contributed by atoms with E-state index in [1.807, 2.05) is 0 Å². The van der Waals surface area contributed by atoms with Crippen molar-refractivity contribution in [2.45, 2.75) is 23.1 Å². The summed E-state index contributed by atoms with van der Waals surface area (Å²) in [5.74, 6) is -1.11. The number of fused-ring (bicyclic) bond motifs is 1. The van der Waals surface area contributed by atoms with E-state index in [0.717, 1.165) is 6.08 Å². The number of para-hydroxylation sites is 1. The minimum atomic E-state index is -3.86. The Morgan fingerprint density at radius 2 is 2.05 bits per heavy atom. The molecule has 0 radical (unpaired) electrons. The summed E-state index contributed by atoms with van der Waals surface area (Å²) in [5.41, 5.74) is 0.135. The van der Waals surface area contributed by atoms with Crippen LogP contribution in [-0.2, 0) is 9.84 Å². The second-order valence-corrected chi connectivity index (χ2v) is 7.67. The zero-order valence-electron chi connectivity index (χ0n) is 11.2. The van der Waals surface area contributed by atoms with Crippen LogP contribution in [0.5, 0.6) is 0 Å². The molecule has 0 fully saturated rings. The van der Waals surface area contributed by atoms with Crippen molar-refractivity contribution in [1.29, 1.82) is 0 Å². The minimum Gasteiger partial charge on any atom is -0.343 e. The van der Waals surface area contributed by atoms with Crippen molar-refractivity contribution in [2.75, 3.05) is 0 Å². The fourth-order valence-electron chi connectivity index (χ4n) is 2.48. The van der Waals surface area contributed by atoms with Crippen molar-refractivity contribution in [3.8, 4) is 0 Å². The van der Waals surface area contributed by atoms with Crippen LogP contribution >= 0.6 is 0 Å². The van der Waals surface area contributed by atoms with E-state index in [2.05, 4.69) is 4.98 Å². The molecule has 1 atom stereocenters. The number of benzene rings is 1. The van der Waals surface area contributed by atoms with Gasteiger partial charge in [0.05, 0.1) is 10.3 Å². The number of hydrogen-bond donors (Lipinski definition) is 1. The van der Waals surface area contributed by atoms with Crippen LogP contribution in [0, 0.1) is 5.82 Å². The number of hydrogen-bond acceptors (Lipinski definition) is 2. The van der Waals surface area contributed by atoms with Gasteiger partial charge in [0, 0.05) is 5.39 Å². The molecule has 3 nitrogen and oxygen atoms in total. The van der Waals surface area contributed by atoms with Crippen LogP contribution in [0.1, 0.15) is 13.3 Å². The number of nitrogens with one attached hydrogen (secondary N) is 1. The van der Waals surface area contributed by atoms with E-state index >= 15 is 0 Å². The lowest BCUT2D eigenvalue weighted by atomic mass is 10.0. The van der Waals surface area contributed by atoms with Crippen LogP contribution in [0.3, 0.4) is 0 Å². The predicted molar refractivity (Wildman–Crippen MR) is 76.8 cm³/mol. The van der Waals surface area contributed by atoms with Gasteiger partial charge in [-0.2, -0.15) is 0 Å². The maximum Gasteiger partial charge on any atom is 0.203 e. The molecule has 0 bridgehead atoms. The summed E-state index contributed by atoms with van der Waals surface area (Å²) in [4.78, 5) is 2.60. The topological polar surface area (TPSA) is 49.9 Å². The second-order valence-electron chi connectivity index (χ2n) is 5.29. The highest BCUT2D eigenvalue weighted by atomic mass is 32.2. The van der Waals surface area contributed by atoms with Crippen LogP contribution in [0.15, 0.2) is 53.3 Å². The van der Waals surface area contributed by atoms with Gasteiger partial charge in [0.1, 0.15) is 16.7 Å². The molecule has 6 heteroatoms. The van der Waals surface area contributed by atoms with Crippen molar-refractivity contribution in [1.82, 2.24) is 4.98 Å². The second kappa shape index (κ2) is 4.53. The van der Waals surface area contributed by atoms with E-state index in [-0.39, 0.29) is 17.0 Å². The molecule has 0 saturated heterocycles. The third-order valence-corrected chi connectivity index (χ3v) is 6.04. The molecule has 0 saturated carbocycles. The van der Waals surface area contributed by atoms with Gasteiger partial charge in [-0.25, -0.2) is 17.2 Å². The average Bonchev–Trinajstić information content (AvgIpc) is 2.84. The maximum atomic E-state index is 13.7. The summed E-state index contributed by atoms with van der Waals surface area (Å²) >= 11 is 0.